The molecule has 0 radical (unpaired) electrons. The van der Waals surface area contributed by atoms with Gasteiger partial charge in [-0.05, 0) is 76.0 Å². The first-order chi connectivity index (χ1) is 21.4. The van der Waals surface area contributed by atoms with Gasteiger partial charge in [-0.3, -0.25) is 9.48 Å². The fourth-order valence-corrected chi connectivity index (χ4v) is 6.26. The SMILES string of the molecule is COc1cc(C(=O)O[C@H]2CCCn3ncc4c(Cl)cc(cc43)C(=O)NCCCN3CCCN(CC2)CC3)cc(OC)c1OC. The summed E-state index contributed by atoms with van der Waals surface area (Å²) < 4.78 is 24.3. The van der Waals surface area contributed by atoms with E-state index in [1.165, 1.54) is 21.3 Å². The molecule has 2 aliphatic rings. The van der Waals surface area contributed by atoms with Crippen LogP contribution in [0.4, 0.5) is 0 Å². The molecular formula is C32H42ClN5O6. The van der Waals surface area contributed by atoms with Crippen LogP contribution in [0, 0.1) is 0 Å². The van der Waals surface area contributed by atoms with Crippen LogP contribution in [0.3, 0.4) is 0 Å². The van der Waals surface area contributed by atoms with E-state index in [9.17, 15) is 9.59 Å². The standard InChI is InChI=1S/C32H42ClN5O6/c1-41-28-19-23(20-29(42-2)30(28)43-3)32(40)44-24-7-4-13-38-27-18-22(17-26(33)25(27)21-35-38)31(39)34-9-5-10-36-11-6-12-37(14-8-24)16-15-36/h17-21,24H,4-16H2,1-3H3,(H,34,39)/t24-/m0/s1. The first-order valence-corrected chi connectivity index (χ1v) is 15.7. The highest BCUT2D eigenvalue weighted by atomic mass is 35.5. The Morgan fingerprint density at radius 3 is 2.27 bits per heavy atom. The van der Waals surface area contributed by atoms with Gasteiger partial charge < -0.3 is 34.1 Å². The maximum absolute atomic E-state index is 13.5. The number of amides is 1. The van der Waals surface area contributed by atoms with Crippen LogP contribution in [0.1, 0.15) is 52.8 Å². The van der Waals surface area contributed by atoms with Crippen LogP contribution < -0.4 is 19.5 Å². The summed E-state index contributed by atoms with van der Waals surface area (Å²) in [5, 5.41) is 8.90. The van der Waals surface area contributed by atoms with Gasteiger partial charge in [-0.1, -0.05) is 11.6 Å². The van der Waals surface area contributed by atoms with Crippen molar-refractivity contribution in [1.29, 1.82) is 0 Å². The minimum absolute atomic E-state index is 0.139. The largest absolute Gasteiger partial charge is 0.493 e. The number of nitrogens with zero attached hydrogens (tertiary/aromatic N) is 4. The van der Waals surface area contributed by atoms with Gasteiger partial charge in [-0.15, -0.1) is 0 Å². The number of rotatable bonds is 5. The normalized spacial score (nSPS) is 21.9. The van der Waals surface area contributed by atoms with Gasteiger partial charge in [0.05, 0.1) is 43.6 Å². The molecule has 44 heavy (non-hydrogen) atoms. The Kier molecular flexibility index (Phi) is 10.8. The molecule has 1 fully saturated rings. The summed E-state index contributed by atoms with van der Waals surface area (Å²) in [5.41, 5.74) is 1.65. The first kappa shape index (κ1) is 31.9. The molecule has 3 atom stereocenters. The second-order valence-corrected chi connectivity index (χ2v) is 11.7. The third kappa shape index (κ3) is 7.57. The van der Waals surface area contributed by atoms with E-state index < -0.39 is 5.97 Å². The van der Waals surface area contributed by atoms with Crippen LogP contribution in [0.2, 0.25) is 5.02 Å². The highest BCUT2D eigenvalue weighted by Crippen LogP contribution is 2.38. The molecule has 11 nitrogen and oxygen atoms in total. The topological polar surface area (TPSA) is 107 Å². The summed E-state index contributed by atoms with van der Waals surface area (Å²) in [6, 6.07) is 6.78. The molecule has 3 heterocycles. The number of fused-ring (bicyclic) bond motifs is 4. The van der Waals surface area contributed by atoms with Crippen LogP contribution in [0.25, 0.3) is 10.9 Å². The van der Waals surface area contributed by atoms with E-state index in [-0.39, 0.29) is 12.0 Å². The maximum atomic E-state index is 13.5. The number of methoxy groups -OCH3 is 3. The second kappa shape index (κ2) is 15.0. The first-order valence-electron chi connectivity index (χ1n) is 15.3. The van der Waals surface area contributed by atoms with Crippen LogP contribution >= 0.6 is 11.6 Å². The smallest absolute Gasteiger partial charge is 0.338 e. The Hall–Kier alpha value is -3.54. The fourth-order valence-electron chi connectivity index (χ4n) is 6.00. The Morgan fingerprint density at radius 1 is 0.864 bits per heavy atom. The Morgan fingerprint density at radius 2 is 1.57 bits per heavy atom. The van der Waals surface area contributed by atoms with Gasteiger partial charge in [-0.2, -0.15) is 5.10 Å². The van der Waals surface area contributed by atoms with Crippen molar-refractivity contribution < 1.29 is 28.5 Å². The highest BCUT2D eigenvalue weighted by molar-refractivity contribution is 6.35. The quantitative estimate of drug-likeness (QED) is 0.415. The van der Waals surface area contributed by atoms with Crippen molar-refractivity contribution in [3.8, 4) is 17.2 Å². The molecule has 3 aromatic rings. The number of esters is 1. The Bertz CT molecular complexity index is 1440. The highest BCUT2D eigenvalue weighted by Gasteiger charge is 2.23. The summed E-state index contributed by atoms with van der Waals surface area (Å²) in [7, 11) is 4.56. The van der Waals surface area contributed by atoms with E-state index in [1.807, 2.05) is 10.7 Å². The number of carbonyl (C=O) groups excluding carboxylic acids is 2. The number of hydrogen-bond acceptors (Lipinski definition) is 9. The maximum Gasteiger partial charge on any atom is 0.338 e. The summed E-state index contributed by atoms with van der Waals surface area (Å²) >= 11 is 6.56. The van der Waals surface area contributed by atoms with Crippen molar-refractivity contribution in [2.45, 2.75) is 44.8 Å². The van der Waals surface area contributed by atoms with Gasteiger partial charge in [0.1, 0.15) is 6.10 Å². The van der Waals surface area contributed by atoms with Gasteiger partial charge in [-0.25, -0.2) is 4.79 Å². The molecule has 1 saturated heterocycles. The molecule has 5 rings (SSSR count). The Balaban J connectivity index is 1.37. The number of halogens is 1. The van der Waals surface area contributed by atoms with Crippen LogP contribution in [-0.4, -0.2) is 105 Å². The van der Waals surface area contributed by atoms with Gasteiger partial charge in [0.15, 0.2) is 11.5 Å². The zero-order chi connectivity index (χ0) is 31.1. The third-order valence-electron chi connectivity index (χ3n) is 8.43. The molecule has 238 valence electrons. The number of benzene rings is 2. The predicted molar refractivity (Wildman–Crippen MR) is 168 cm³/mol. The number of hydrogen-bond donors (Lipinski definition) is 1. The fraction of sp³-hybridized carbons (Fsp3) is 0.531. The molecule has 2 aromatic carbocycles. The molecule has 2 unspecified atom stereocenters. The van der Waals surface area contributed by atoms with Crippen molar-refractivity contribution in [2.75, 3.05) is 67.1 Å². The van der Waals surface area contributed by atoms with Crippen molar-refractivity contribution in [3.63, 3.8) is 0 Å². The van der Waals surface area contributed by atoms with Gasteiger partial charge in [0.25, 0.3) is 5.91 Å². The van der Waals surface area contributed by atoms with E-state index >= 15 is 0 Å². The lowest BCUT2D eigenvalue weighted by Gasteiger charge is -2.25. The molecule has 1 aromatic heterocycles. The molecule has 12 heteroatoms. The van der Waals surface area contributed by atoms with Crippen LogP contribution in [0.15, 0.2) is 30.5 Å². The zero-order valence-electron chi connectivity index (χ0n) is 25.8. The summed E-state index contributed by atoms with van der Waals surface area (Å²) in [5.74, 6) is 0.624. The molecule has 0 spiro atoms. The van der Waals surface area contributed by atoms with E-state index in [0.29, 0.717) is 65.8 Å². The van der Waals surface area contributed by atoms with Crippen molar-refractivity contribution in [3.05, 3.63) is 46.6 Å². The molecule has 1 amide bonds. The second-order valence-electron chi connectivity index (χ2n) is 11.3. The monoisotopic (exact) mass is 627 g/mol. The van der Waals surface area contributed by atoms with Gasteiger partial charge in [0, 0.05) is 43.7 Å². The van der Waals surface area contributed by atoms with Crippen molar-refractivity contribution in [2.24, 2.45) is 0 Å². The molecule has 0 aliphatic carbocycles. The lowest BCUT2D eigenvalue weighted by Crippen LogP contribution is -2.34. The average Bonchev–Trinajstić information content (AvgIpc) is 3.30. The summed E-state index contributed by atoms with van der Waals surface area (Å²) in [6.07, 6.45) is 5.44. The van der Waals surface area contributed by atoms with E-state index in [0.717, 1.165) is 63.0 Å². The molecule has 1 N–H and O–H groups in total. The average molecular weight is 628 g/mol. The molecule has 2 aliphatic heterocycles. The minimum atomic E-state index is -0.443. The number of aryl methyl sites for hydroxylation is 1. The van der Waals surface area contributed by atoms with Gasteiger partial charge >= 0.3 is 5.97 Å². The third-order valence-corrected chi connectivity index (χ3v) is 8.74. The van der Waals surface area contributed by atoms with E-state index in [4.69, 9.17) is 30.5 Å². The van der Waals surface area contributed by atoms with Crippen molar-refractivity contribution in [1.82, 2.24) is 24.9 Å². The zero-order valence-corrected chi connectivity index (χ0v) is 26.5. The van der Waals surface area contributed by atoms with E-state index in [1.54, 1.807) is 24.4 Å². The lowest BCUT2D eigenvalue weighted by atomic mass is 10.1. The molecular weight excluding hydrogens is 586 g/mol. The lowest BCUT2D eigenvalue weighted by molar-refractivity contribution is 0.0227. The number of carbonyl (C=O) groups is 2. The molecule has 0 saturated carbocycles. The van der Waals surface area contributed by atoms with Crippen molar-refractivity contribution >= 4 is 34.4 Å². The van der Waals surface area contributed by atoms with Crippen LogP contribution in [0.5, 0.6) is 17.2 Å². The number of aromatic nitrogens is 2. The van der Waals surface area contributed by atoms with Gasteiger partial charge in [0.2, 0.25) is 5.75 Å². The van der Waals surface area contributed by atoms with E-state index in [2.05, 4.69) is 20.2 Å². The Labute approximate surface area is 263 Å². The molecule has 4 bridgehead atoms. The summed E-state index contributed by atoms with van der Waals surface area (Å²) in [4.78, 5) is 31.4. The summed E-state index contributed by atoms with van der Waals surface area (Å²) in [6.45, 7) is 6.90. The number of nitrogens with one attached hydrogen (secondary N) is 1. The predicted octanol–water partition coefficient (Wildman–Crippen LogP) is 4.25. The number of ether oxygens (including phenoxy) is 4. The minimum Gasteiger partial charge on any atom is -0.493 e. The van der Waals surface area contributed by atoms with Crippen LogP contribution in [-0.2, 0) is 11.3 Å².